The van der Waals surface area contributed by atoms with Crippen LogP contribution < -0.4 is 5.32 Å². The second-order valence-corrected chi connectivity index (χ2v) is 3.94. The summed E-state index contributed by atoms with van der Waals surface area (Å²) in [4.78, 5) is 18.5. The van der Waals surface area contributed by atoms with E-state index in [-0.39, 0.29) is 11.4 Å². The van der Waals surface area contributed by atoms with Crippen molar-refractivity contribution in [2.24, 2.45) is 0 Å². The second-order valence-electron chi connectivity index (χ2n) is 3.54. The highest BCUT2D eigenvalue weighted by Crippen LogP contribution is 2.17. The van der Waals surface area contributed by atoms with E-state index in [1.54, 1.807) is 6.07 Å². The molecule has 1 aromatic heterocycles. The Balaban J connectivity index is 2.16. The number of aromatic nitrogens is 2. The SMILES string of the molecule is O=C(O)c1cncnc1NCc1ccccc1Cl. The number of rotatable bonds is 4. The number of carbonyl (C=O) groups is 1. The Bertz CT molecular complexity index is 575. The summed E-state index contributed by atoms with van der Waals surface area (Å²) >= 11 is 6.00. The zero-order valence-electron chi connectivity index (χ0n) is 9.30. The molecule has 0 unspecified atom stereocenters. The maximum Gasteiger partial charge on any atom is 0.341 e. The number of carboxylic acids is 1. The van der Waals surface area contributed by atoms with E-state index in [0.29, 0.717) is 11.6 Å². The third-order valence-electron chi connectivity index (χ3n) is 2.35. The van der Waals surface area contributed by atoms with E-state index in [9.17, 15) is 4.79 Å². The van der Waals surface area contributed by atoms with Crippen molar-refractivity contribution in [3.63, 3.8) is 0 Å². The smallest absolute Gasteiger partial charge is 0.341 e. The van der Waals surface area contributed by atoms with Crippen LogP contribution in [0.5, 0.6) is 0 Å². The van der Waals surface area contributed by atoms with Crippen LogP contribution in [-0.4, -0.2) is 21.0 Å². The Hall–Kier alpha value is -2.14. The summed E-state index contributed by atoms with van der Waals surface area (Å²) in [5, 5.41) is 12.5. The topological polar surface area (TPSA) is 75.1 Å². The van der Waals surface area contributed by atoms with Crippen molar-refractivity contribution in [1.29, 1.82) is 0 Å². The highest BCUT2D eigenvalue weighted by Gasteiger charge is 2.11. The first-order chi connectivity index (χ1) is 8.68. The minimum atomic E-state index is -1.07. The molecule has 0 saturated heterocycles. The van der Waals surface area contributed by atoms with Crippen molar-refractivity contribution in [3.8, 4) is 0 Å². The normalized spacial score (nSPS) is 10.1. The minimum absolute atomic E-state index is 0.0320. The third kappa shape index (κ3) is 2.75. The van der Waals surface area contributed by atoms with Crippen LogP contribution in [0.4, 0.5) is 5.82 Å². The van der Waals surface area contributed by atoms with Crippen molar-refractivity contribution in [3.05, 3.63) is 52.9 Å². The molecule has 0 amide bonds. The fourth-order valence-corrected chi connectivity index (χ4v) is 1.65. The number of nitrogens with one attached hydrogen (secondary N) is 1. The Morgan fingerprint density at radius 3 is 2.89 bits per heavy atom. The molecule has 0 aliphatic carbocycles. The van der Waals surface area contributed by atoms with Gasteiger partial charge in [-0.3, -0.25) is 0 Å². The molecule has 1 heterocycles. The van der Waals surface area contributed by atoms with Gasteiger partial charge in [0.2, 0.25) is 0 Å². The summed E-state index contributed by atoms with van der Waals surface area (Å²) in [6.07, 6.45) is 2.55. The molecule has 6 heteroatoms. The first kappa shape index (κ1) is 12.3. The van der Waals surface area contributed by atoms with Gasteiger partial charge in [-0.25, -0.2) is 14.8 Å². The van der Waals surface area contributed by atoms with Crippen LogP contribution in [0.2, 0.25) is 5.02 Å². The molecule has 0 saturated carbocycles. The molecule has 0 bridgehead atoms. The van der Waals surface area contributed by atoms with E-state index in [2.05, 4.69) is 15.3 Å². The Morgan fingerprint density at radius 1 is 1.39 bits per heavy atom. The van der Waals surface area contributed by atoms with Crippen LogP contribution in [0, 0.1) is 0 Å². The van der Waals surface area contributed by atoms with Crippen LogP contribution in [-0.2, 0) is 6.54 Å². The maximum atomic E-state index is 11.0. The molecule has 0 aliphatic heterocycles. The summed E-state index contributed by atoms with van der Waals surface area (Å²) in [6.45, 7) is 0.400. The van der Waals surface area contributed by atoms with Crippen LogP contribution >= 0.6 is 11.6 Å². The fraction of sp³-hybridized carbons (Fsp3) is 0.0833. The van der Waals surface area contributed by atoms with Gasteiger partial charge in [-0.2, -0.15) is 0 Å². The van der Waals surface area contributed by atoms with E-state index >= 15 is 0 Å². The van der Waals surface area contributed by atoms with E-state index in [1.807, 2.05) is 18.2 Å². The summed E-state index contributed by atoms with van der Waals surface area (Å²) in [6, 6.07) is 7.33. The highest BCUT2D eigenvalue weighted by atomic mass is 35.5. The number of carboxylic acid groups (broad SMARTS) is 1. The van der Waals surface area contributed by atoms with Gasteiger partial charge < -0.3 is 10.4 Å². The molecular weight excluding hydrogens is 254 g/mol. The molecule has 5 nitrogen and oxygen atoms in total. The largest absolute Gasteiger partial charge is 0.477 e. The Morgan fingerprint density at radius 2 is 2.17 bits per heavy atom. The van der Waals surface area contributed by atoms with Gasteiger partial charge in [-0.05, 0) is 11.6 Å². The summed E-state index contributed by atoms with van der Waals surface area (Å²) in [7, 11) is 0. The molecule has 18 heavy (non-hydrogen) atoms. The van der Waals surface area contributed by atoms with Gasteiger partial charge in [0, 0.05) is 17.8 Å². The molecule has 0 atom stereocenters. The lowest BCUT2D eigenvalue weighted by molar-refractivity contribution is 0.0697. The molecule has 1 aromatic carbocycles. The fourth-order valence-electron chi connectivity index (χ4n) is 1.45. The molecule has 2 rings (SSSR count). The first-order valence-corrected chi connectivity index (χ1v) is 5.57. The zero-order valence-corrected chi connectivity index (χ0v) is 10.1. The number of hydrogen-bond donors (Lipinski definition) is 2. The van der Waals surface area contributed by atoms with Crippen molar-refractivity contribution < 1.29 is 9.90 Å². The summed E-state index contributed by atoms with van der Waals surface area (Å²) in [5.41, 5.74) is 0.902. The standard InChI is InChI=1S/C12H10ClN3O2/c13-10-4-2-1-3-8(10)5-15-11-9(12(17)18)6-14-7-16-11/h1-4,6-7H,5H2,(H,17,18)(H,14,15,16). The van der Waals surface area contributed by atoms with E-state index in [4.69, 9.17) is 16.7 Å². The van der Waals surface area contributed by atoms with Crippen LogP contribution in [0.1, 0.15) is 15.9 Å². The molecule has 2 aromatic rings. The molecule has 0 spiro atoms. The predicted molar refractivity (Wildman–Crippen MR) is 67.8 cm³/mol. The van der Waals surface area contributed by atoms with Crippen LogP contribution in [0.3, 0.4) is 0 Å². The number of aromatic carboxylic acids is 1. The van der Waals surface area contributed by atoms with E-state index in [0.717, 1.165) is 5.56 Å². The second kappa shape index (κ2) is 5.46. The lowest BCUT2D eigenvalue weighted by Gasteiger charge is -2.08. The molecule has 2 N–H and O–H groups in total. The van der Waals surface area contributed by atoms with Crippen molar-refractivity contribution in [1.82, 2.24) is 9.97 Å². The van der Waals surface area contributed by atoms with Crippen LogP contribution in [0.25, 0.3) is 0 Å². The van der Waals surface area contributed by atoms with Gasteiger partial charge in [0.1, 0.15) is 17.7 Å². The predicted octanol–water partition coefficient (Wildman–Crippen LogP) is 2.44. The van der Waals surface area contributed by atoms with Gasteiger partial charge >= 0.3 is 5.97 Å². The number of hydrogen-bond acceptors (Lipinski definition) is 4. The van der Waals surface area contributed by atoms with Gasteiger partial charge in [-0.1, -0.05) is 29.8 Å². The number of anilines is 1. The first-order valence-electron chi connectivity index (χ1n) is 5.19. The Labute approximate surface area is 108 Å². The maximum absolute atomic E-state index is 11.0. The van der Waals surface area contributed by atoms with Crippen molar-refractivity contribution in [2.75, 3.05) is 5.32 Å². The van der Waals surface area contributed by atoms with Gasteiger partial charge in [-0.15, -0.1) is 0 Å². The molecule has 0 radical (unpaired) electrons. The molecule has 0 fully saturated rings. The highest BCUT2D eigenvalue weighted by molar-refractivity contribution is 6.31. The average Bonchev–Trinajstić information content (AvgIpc) is 2.38. The van der Waals surface area contributed by atoms with Gasteiger partial charge in [0.15, 0.2) is 0 Å². The van der Waals surface area contributed by atoms with Crippen LogP contribution in [0.15, 0.2) is 36.8 Å². The van der Waals surface area contributed by atoms with Gasteiger partial charge in [0.25, 0.3) is 0 Å². The van der Waals surface area contributed by atoms with Crippen molar-refractivity contribution >= 4 is 23.4 Å². The zero-order chi connectivity index (χ0) is 13.0. The van der Waals surface area contributed by atoms with Gasteiger partial charge in [0.05, 0.1) is 0 Å². The number of benzene rings is 1. The summed E-state index contributed by atoms with van der Waals surface area (Å²) in [5.74, 6) is -0.797. The molecule has 92 valence electrons. The van der Waals surface area contributed by atoms with E-state index in [1.165, 1.54) is 12.5 Å². The minimum Gasteiger partial charge on any atom is -0.477 e. The molecular formula is C12H10ClN3O2. The Kier molecular flexibility index (Phi) is 3.74. The monoisotopic (exact) mass is 263 g/mol. The lowest BCUT2D eigenvalue weighted by atomic mass is 10.2. The lowest BCUT2D eigenvalue weighted by Crippen LogP contribution is -2.09. The van der Waals surface area contributed by atoms with E-state index < -0.39 is 5.97 Å². The number of halogens is 1. The summed E-state index contributed by atoms with van der Waals surface area (Å²) < 4.78 is 0. The molecule has 0 aliphatic rings. The third-order valence-corrected chi connectivity index (χ3v) is 2.72. The quantitative estimate of drug-likeness (QED) is 0.886. The average molecular weight is 264 g/mol. The van der Waals surface area contributed by atoms with Crippen molar-refractivity contribution in [2.45, 2.75) is 6.54 Å². The number of nitrogens with zero attached hydrogens (tertiary/aromatic N) is 2.